The van der Waals surface area contributed by atoms with Crippen LogP contribution in [-0.4, -0.2) is 9.55 Å². The van der Waals surface area contributed by atoms with Crippen LogP contribution >= 0.6 is 0 Å². The first-order chi connectivity index (χ1) is 10.8. The van der Waals surface area contributed by atoms with Crippen molar-refractivity contribution in [3.05, 3.63) is 77.3 Å². The average Bonchev–Trinajstić information content (AvgIpc) is 2.58. The first-order valence-electron chi connectivity index (χ1n) is 7.16. The van der Waals surface area contributed by atoms with E-state index in [1.165, 1.54) is 0 Å². The number of aryl methyl sites for hydroxylation is 1. The Labute approximate surface area is 128 Å². The normalized spacial score (nSPS) is 10.4. The first kappa shape index (κ1) is 14.1. The van der Waals surface area contributed by atoms with Crippen molar-refractivity contribution in [3.8, 4) is 22.8 Å². The maximum Gasteiger partial charge on any atom is 0.313 e. The van der Waals surface area contributed by atoms with Crippen LogP contribution in [0.5, 0.6) is 11.6 Å². The predicted molar refractivity (Wildman–Crippen MR) is 86.1 cm³/mol. The fourth-order valence-electron chi connectivity index (χ4n) is 2.20. The molecule has 0 bridgehead atoms. The third-order valence-corrected chi connectivity index (χ3v) is 3.40. The molecule has 0 aliphatic heterocycles. The molecule has 0 fully saturated rings. The lowest BCUT2D eigenvalue weighted by Gasteiger charge is -2.07. The van der Waals surface area contributed by atoms with Gasteiger partial charge in [-0.3, -0.25) is 4.79 Å². The van der Waals surface area contributed by atoms with Crippen LogP contribution in [0.2, 0.25) is 0 Å². The van der Waals surface area contributed by atoms with Crippen molar-refractivity contribution < 1.29 is 4.74 Å². The molecule has 0 saturated heterocycles. The number of rotatable bonds is 4. The van der Waals surface area contributed by atoms with E-state index in [-0.39, 0.29) is 11.4 Å². The highest BCUT2D eigenvalue weighted by molar-refractivity contribution is 5.63. The molecular weight excluding hydrogens is 276 g/mol. The van der Waals surface area contributed by atoms with Gasteiger partial charge < -0.3 is 9.30 Å². The van der Waals surface area contributed by atoms with Crippen LogP contribution in [0.25, 0.3) is 11.1 Å². The molecule has 1 heterocycles. The van der Waals surface area contributed by atoms with E-state index in [4.69, 9.17) is 4.74 Å². The fourth-order valence-corrected chi connectivity index (χ4v) is 2.20. The largest absolute Gasteiger partial charge is 0.435 e. The minimum Gasteiger partial charge on any atom is -0.435 e. The molecule has 4 heteroatoms. The second-order valence-electron chi connectivity index (χ2n) is 4.82. The van der Waals surface area contributed by atoms with Crippen molar-refractivity contribution in [2.75, 3.05) is 0 Å². The van der Waals surface area contributed by atoms with Crippen LogP contribution < -0.4 is 10.3 Å². The summed E-state index contributed by atoms with van der Waals surface area (Å²) in [4.78, 5) is 16.1. The van der Waals surface area contributed by atoms with Crippen LogP contribution in [0.1, 0.15) is 6.92 Å². The van der Waals surface area contributed by atoms with Gasteiger partial charge in [-0.15, -0.1) is 0 Å². The number of ether oxygens (including phenoxy) is 1. The summed E-state index contributed by atoms with van der Waals surface area (Å²) in [5.74, 6) is 0.690. The van der Waals surface area contributed by atoms with Gasteiger partial charge in [-0.2, -0.15) is 0 Å². The zero-order chi connectivity index (χ0) is 15.4. The second kappa shape index (κ2) is 6.26. The SMILES string of the molecule is CCn1ccnc(Oc2ccc(-c3ccccc3)cc2)c1=O. The van der Waals surface area contributed by atoms with Crippen molar-refractivity contribution in [3.63, 3.8) is 0 Å². The van der Waals surface area contributed by atoms with Crippen LogP contribution in [0.4, 0.5) is 0 Å². The molecule has 110 valence electrons. The van der Waals surface area contributed by atoms with Crippen molar-refractivity contribution in [2.45, 2.75) is 13.5 Å². The van der Waals surface area contributed by atoms with E-state index < -0.39 is 0 Å². The summed E-state index contributed by atoms with van der Waals surface area (Å²) in [6.45, 7) is 2.49. The lowest BCUT2D eigenvalue weighted by Crippen LogP contribution is -2.20. The summed E-state index contributed by atoms with van der Waals surface area (Å²) in [7, 11) is 0. The molecule has 1 aromatic heterocycles. The Bertz CT molecular complexity index is 808. The van der Waals surface area contributed by atoms with E-state index in [0.717, 1.165) is 11.1 Å². The van der Waals surface area contributed by atoms with E-state index in [2.05, 4.69) is 17.1 Å². The van der Waals surface area contributed by atoms with Gasteiger partial charge in [0, 0.05) is 18.9 Å². The molecule has 3 rings (SSSR count). The molecule has 3 aromatic rings. The maximum absolute atomic E-state index is 12.1. The van der Waals surface area contributed by atoms with Crippen molar-refractivity contribution >= 4 is 0 Å². The number of benzene rings is 2. The Kier molecular flexibility index (Phi) is 4.01. The number of nitrogens with zero attached hydrogens (tertiary/aromatic N) is 2. The summed E-state index contributed by atoms with van der Waals surface area (Å²) in [5.41, 5.74) is 2.01. The van der Waals surface area contributed by atoms with Gasteiger partial charge in [-0.25, -0.2) is 4.98 Å². The summed E-state index contributed by atoms with van der Waals surface area (Å²) in [6, 6.07) is 17.7. The van der Waals surface area contributed by atoms with Gasteiger partial charge in [0.25, 0.3) is 5.88 Å². The molecule has 0 atom stereocenters. The van der Waals surface area contributed by atoms with E-state index in [1.54, 1.807) is 17.0 Å². The summed E-state index contributed by atoms with van der Waals surface area (Å²) < 4.78 is 7.15. The molecule has 0 spiro atoms. The zero-order valence-electron chi connectivity index (χ0n) is 12.3. The fraction of sp³-hybridized carbons (Fsp3) is 0.111. The first-order valence-corrected chi connectivity index (χ1v) is 7.16. The Morgan fingerprint density at radius 3 is 2.36 bits per heavy atom. The van der Waals surface area contributed by atoms with Gasteiger partial charge in [-0.1, -0.05) is 42.5 Å². The minimum absolute atomic E-state index is 0.0943. The summed E-state index contributed by atoms with van der Waals surface area (Å²) in [5, 5.41) is 0. The Morgan fingerprint density at radius 2 is 1.68 bits per heavy atom. The maximum atomic E-state index is 12.1. The molecule has 22 heavy (non-hydrogen) atoms. The van der Waals surface area contributed by atoms with Crippen LogP contribution in [0.15, 0.2) is 71.8 Å². The van der Waals surface area contributed by atoms with Crippen LogP contribution in [-0.2, 0) is 6.54 Å². The highest BCUT2D eigenvalue weighted by atomic mass is 16.5. The standard InChI is InChI=1S/C18H16N2O2/c1-2-20-13-12-19-17(18(20)21)22-16-10-8-15(9-11-16)14-6-4-3-5-7-14/h3-13H,2H2,1H3. The Morgan fingerprint density at radius 1 is 1.00 bits per heavy atom. The lowest BCUT2D eigenvalue weighted by molar-refractivity contribution is 0.445. The van der Waals surface area contributed by atoms with E-state index in [0.29, 0.717) is 12.3 Å². The Hall–Kier alpha value is -2.88. The number of hydrogen-bond acceptors (Lipinski definition) is 3. The van der Waals surface area contributed by atoms with Gasteiger partial charge >= 0.3 is 5.56 Å². The quantitative estimate of drug-likeness (QED) is 0.736. The lowest BCUT2D eigenvalue weighted by atomic mass is 10.1. The topological polar surface area (TPSA) is 44.1 Å². The third kappa shape index (κ3) is 2.91. The summed E-state index contributed by atoms with van der Waals surface area (Å²) in [6.07, 6.45) is 3.21. The van der Waals surface area contributed by atoms with Gasteiger partial charge in [-0.05, 0) is 30.2 Å². The molecule has 4 nitrogen and oxygen atoms in total. The van der Waals surface area contributed by atoms with Gasteiger partial charge in [0.15, 0.2) is 0 Å². The van der Waals surface area contributed by atoms with Gasteiger partial charge in [0.1, 0.15) is 5.75 Å². The highest BCUT2D eigenvalue weighted by Crippen LogP contribution is 2.23. The smallest absolute Gasteiger partial charge is 0.313 e. The molecule has 0 unspecified atom stereocenters. The van der Waals surface area contributed by atoms with Gasteiger partial charge in [0.2, 0.25) is 0 Å². The monoisotopic (exact) mass is 292 g/mol. The molecule has 0 radical (unpaired) electrons. The molecule has 2 aromatic carbocycles. The Balaban J connectivity index is 1.84. The second-order valence-corrected chi connectivity index (χ2v) is 4.82. The van der Waals surface area contributed by atoms with Crippen molar-refractivity contribution in [2.24, 2.45) is 0 Å². The third-order valence-electron chi connectivity index (χ3n) is 3.40. The number of hydrogen-bond donors (Lipinski definition) is 0. The van der Waals surface area contributed by atoms with Crippen molar-refractivity contribution in [1.82, 2.24) is 9.55 Å². The molecular formula is C18H16N2O2. The van der Waals surface area contributed by atoms with E-state index in [9.17, 15) is 4.79 Å². The molecule has 0 amide bonds. The van der Waals surface area contributed by atoms with Gasteiger partial charge in [0.05, 0.1) is 0 Å². The zero-order valence-corrected chi connectivity index (χ0v) is 12.3. The summed E-state index contributed by atoms with van der Waals surface area (Å²) >= 11 is 0. The molecule has 0 N–H and O–H groups in total. The van der Waals surface area contributed by atoms with Crippen LogP contribution in [0, 0.1) is 0 Å². The van der Waals surface area contributed by atoms with E-state index in [1.807, 2.05) is 49.4 Å². The van der Waals surface area contributed by atoms with Crippen molar-refractivity contribution in [1.29, 1.82) is 0 Å². The average molecular weight is 292 g/mol. The predicted octanol–water partition coefficient (Wildman–Crippen LogP) is 3.72. The minimum atomic E-state index is -0.225. The molecule has 0 aliphatic rings. The highest BCUT2D eigenvalue weighted by Gasteiger charge is 2.06. The van der Waals surface area contributed by atoms with Crippen LogP contribution in [0.3, 0.4) is 0 Å². The molecule has 0 saturated carbocycles. The molecule has 0 aliphatic carbocycles. The number of aromatic nitrogens is 2. The van der Waals surface area contributed by atoms with E-state index >= 15 is 0 Å².